The number of hydrogen-bond acceptors (Lipinski definition) is 3. The van der Waals surface area contributed by atoms with Gasteiger partial charge in [0.05, 0.1) is 12.6 Å². The number of likely N-dealkylation sites (tertiary alicyclic amines) is 1. The van der Waals surface area contributed by atoms with Crippen molar-refractivity contribution in [3.63, 3.8) is 0 Å². The molecule has 17 heavy (non-hydrogen) atoms. The second kappa shape index (κ2) is 5.84. The molecule has 3 nitrogen and oxygen atoms in total. The van der Waals surface area contributed by atoms with E-state index in [2.05, 4.69) is 30.1 Å². The zero-order valence-electron chi connectivity index (χ0n) is 11.2. The van der Waals surface area contributed by atoms with E-state index in [0.29, 0.717) is 12.6 Å². The highest BCUT2D eigenvalue weighted by Crippen LogP contribution is 2.29. The van der Waals surface area contributed by atoms with Crippen LogP contribution in [0.3, 0.4) is 0 Å². The van der Waals surface area contributed by atoms with Crippen molar-refractivity contribution in [2.24, 2.45) is 17.8 Å². The number of nitrogens with one attached hydrogen (secondary N) is 1. The summed E-state index contributed by atoms with van der Waals surface area (Å²) in [6.07, 6.45) is 4.11. The average Bonchev–Trinajstić information content (AvgIpc) is 3.10. The van der Waals surface area contributed by atoms with Gasteiger partial charge in [0.15, 0.2) is 0 Å². The lowest BCUT2D eigenvalue weighted by atomic mass is 9.85. The lowest BCUT2D eigenvalue weighted by Gasteiger charge is -2.39. The first-order valence-electron chi connectivity index (χ1n) is 7.01. The summed E-state index contributed by atoms with van der Waals surface area (Å²) in [6.45, 7) is 8.55. The zero-order chi connectivity index (χ0) is 12.3. The Kier molecular flexibility index (Phi) is 4.42. The van der Waals surface area contributed by atoms with Gasteiger partial charge in [-0.25, -0.2) is 0 Å². The minimum atomic E-state index is 0.588. The molecule has 0 aromatic heterocycles. The zero-order valence-corrected chi connectivity index (χ0v) is 11.2. The summed E-state index contributed by atoms with van der Waals surface area (Å²) in [5.41, 5.74) is 0. The summed E-state index contributed by atoms with van der Waals surface area (Å²) in [5, 5.41) is 12.6. The van der Waals surface area contributed by atoms with Crippen LogP contribution < -0.4 is 5.32 Å². The molecule has 0 amide bonds. The van der Waals surface area contributed by atoms with Gasteiger partial charge in [-0.3, -0.25) is 4.90 Å². The van der Waals surface area contributed by atoms with E-state index in [-0.39, 0.29) is 0 Å². The van der Waals surface area contributed by atoms with Crippen LogP contribution in [0.25, 0.3) is 0 Å². The smallest absolute Gasteiger partial charge is 0.0866 e. The number of piperidine rings is 1. The Morgan fingerprint density at radius 2 is 2.12 bits per heavy atom. The predicted molar refractivity (Wildman–Crippen MR) is 69.5 cm³/mol. The molecule has 0 spiro atoms. The molecule has 2 unspecified atom stereocenters. The van der Waals surface area contributed by atoms with Crippen LogP contribution in [-0.4, -0.2) is 37.1 Å². The molecular formula is C14H25N3. The van der Waals surface area contributed by atoms with Gasteiger partial charge in [0.1, 0.15) is 0 Å². The first-order valence-corrected chi connectivity index (χ1v) is 7.01. The van der Waals surface area contributed by atoms with Gasteiger partial charge in [-0.2, -0.15) is 5.26 Å². The van der Waals surface area contributed by atoms with E-state index >= 15 is 0 Å². The number of rotatable bonds is 5. The Bertz CT molecular complexity index is 278. The third-order valence-electron chi connectivity index (χ3n) is 4.19. The lowest BCUT2D eigenvalue weighted by molar-refractivity contribution is 0.127. The Balaban J connectivity index is 1.83. The molecule has 0 bridgehead atoms. The molecule has 2 fully saturated rings. The van der Waals surface area contributed by atoms with Gasteiger partial charge in [-0.1, -0.05) is 13.8 Å². The highest BCUT2D eigenvalue weighted by Gasteiger charge is 2.30. The molecule has 1 saturated carbocycles. The third kappa shape index (κ3) is 3.97. The minimum Gasteiger partial charge on any atom is -0.312 e. The van der Waals surface area contributed by atoms with Gasteiger partial charge in [0.25, 0.3) is 0 Å². The van der Waals surface area contributed by atoms with Gasteiger partial charge in [-0.05, 0) is 43.6 Å². The summed E-state index contributed by atoms with van der Waals surface area (Å²) in [5.74, 6) is 2.41. The average molecular weight is 235 g/mol. The fraction of sp³-hybridized carbons (Fsp3) is 0.929. The van der Waals surface area contributed by atoms with Crippen molar-refractivity contribution < 1.29 is 0 Å². The molecule has 1 N–H and O–H groups in total. The maximum Gasteiger partial charge on any atom is 0.0866 e. The summed E-state index contributed by atoms with van der Waals surface area (Å²) in [4.78, 5) is 2.32. The van der Waals surface area contributed by atoms with Crippen LogP contribution in [0.15, 0.2) is 0 Å². The van der Waals surface area contributed by atoms with Gasteiger partial charge in [0, 0.05) is 19.1 Å². The maximum atomic E-state index is 8.85. The fourth-order valence-corrected chi connectivity index (χ4v) is 2.75. The molecule has 1 saturated heterocycles. The van der Waals surface area contributed by atoms with Crippen LogP contribution in [0, 0.1) is 29.1 Å². The number of nitrogens with zero attached hydrogens (tertiary/aromatic N) is 2. The summed E-state index contributed by atoms with van der Waals surface area (Å²) in [6, 6.07) is 2.89. The quantitative estimate of drug-likeness (QED) is 0.739. The molecule has 2 rings (SSSR count). The molecule has 2 aliphatic rings. The molecule has 2 atom stereocenters. The third-order valence-corrected chi connectivity index (χ3v) is 4.19. The molecule has 1 aliphatic carbocycles. The van der Waals surface area contributed by atoms with Crippen LogP contribution in [-0.2, 0) is 0 Å². The van der Waals surface area contributed by atoms with E-state index in [9.17, 15) is 0 Å². The second-order valence-corrected chi connectivity index (χ2v) is 6.14. The van der Waals surface area contributed by atoms with Crippen molar-refractivity contribution in [1.29, 1.82) is 5.26 Å². The largest absolute Gasteiger partial charge is 0.312 e. The van der Waals surface area contributed by atoms with Crippen molar-refractivity contribution in [1.82, 2.24) is 10.2 Å². The molecule has 0 radical (unpaired) electrons. The van der Waals surface area contributed by atoms with Crippen molar-refractivity contribution in [3.8, 4) is 6.07 Å². The minimum absolute atomic E-state index is 0.588. The van der Waals surface area contributed by atoms with Crippen LogP contribution in [0.1, 0.15) is 33.1 Å². The highest BCUT2D eigenvalue weighted by atomic mass is 15.2. The van der Waals surface area contributed by atoms with E-state index in [1.165, 1.54) is 25.8 Å². The number of nitriles is 1. The Morgan fingerprint density at radius 1 is 1.35 bits per heavy atom. The SMILES string of the molecule is CC(C)C1CC(NCC2CC2)CN(CC#N)C1. The monoisotopic (exact) mass is 235 g/mol. The van der Waals surface area contributed by atoms with Crippen LogP contribution in [0.4, 0.5) is 0 Å². The molecule has 0 aromatic carbocycles. The summed E-state index contributed by atoms with van der Waals surface area (Å²) >= 11 is 0. The van der Waals surface area contributed by atoms with Crippen molar-refractivity contribution in [3.05, 3.63) is 0 Å². The molecule has 3 heteroatoms. The van der Waals surface area contributed by atoms with Crippen LogP contribution in [0.2, 0.25) is 0 Å². The Hall–Kier alpha value is -0.590. The van der Waals surface area contributed by atoms with Gasteiger partial charge >= 0.3 is 0 Å². The molecule has 1 aliphatic heterocycles. The van der Waals surface area contributed by atoms with E-state index < -0.39 is 0 Å². The molecule has 1 heterocycles. The number of hydrogen-bond donors (Lipinski definition) is 1. The molecule has 96 valence electrons. The summed E-state index contributed by atoms with van der Waals surface area (Å²) in [7, 11) is 0. The predicted octanol–water partition coefficient (Wildman–Crippen LogP) is 1.86. The second-order valence-electron chi connectivity index (χ2n) is 6.14. The van der Waals surface area contributed by atoms with Crippen LogP contribution in [0.5, 0.6) is 0 Å². The summed E-state index contributed by atoms with van der Waals surface area (Å²) < 4.78 is 0. The molecule has 0 aromatic rings. The maximum absolute atomic E-state index is 8.85. The van der Waals surface area contributed by atoms with Crippen LogP contribution >= 0.6 is 0 Å². The van der Waals surface area contributed by atoms with Gasteiger partial charge in [-0.15, -0.1) is 0 Å². The highest BCUT2D eigenvalue weighted by molar-refractivity contribution is 4.89. The van der Waals surface area contributed by atoms with E-state index in [4.69, 9.17) is 5.26 Å². The first kappa shape index (κ1) is 12.9. The van der Waals surface area contributed by atoms with E-state index in [1.54, 1.807) is 0 Å². The van der Waals surface area contributed by atoms with Gasteiger partial charge in [0.2, 0.25) is 0 Å². The van der Waals surface area contributed by atoms with E-state index in [1.807, 2.05) is 0 Å². The van der Waals surface area contributed by atoms with Crippen molar-refractivity contribution in [2.45, 2.75) is 39.2 Å². The van der Waals surface area contributed by atoms with Gasteiger partial charge < -0.3 is 5.32 Å². The topological polar surface area (TPSA) is 39.1 Å². The fourth-order valence-electron chi connectivity index (χ4n) is 2.75. The van der Waals surface area contributed by atoms with Crippen molar-refractivity contribution in [2.75, 3.05) is 26.2 Å². The standard InChI is InChI=1S/C14H25N3/c1-11(2)13-7-14(16-8-12-3-4-12)10-17(9-13)6-5-15/h11-14,16H,3-4,6-10H2,1-2H3. The Morgan fingerprint density at radius 3 is 2.71 bits per heavy atom. The Labute approximate surface area is 105 Å². The first-order chi connectivity index (χ1) is 8.19. The normalized spacial score (nSPS) is 30.5. The van der Waals surface area contributed by atoms with E-state index in [0.717, 1.165) is 30.8 Å². The van der Waals surface area contributed by atoms with Crippen molar-refractivity contribution >= 4 is 0 Å². The molecular weight excluding hydrogens is 210 g/mol. The lowest BCUT2D eigenvalue weighted by Crippen LogP contribution is -2.50.